The lowest BCUT2D eigenvalue weighted by molar-refractivity contribution is 0.0761. The van der Waals surface area contributed by atoms with Gasteiger partial charge in [-0.05, 0) is 48.7 Å². The molecular weight excluding hydrogens is 381 g/mol. The van der Waals surface area contributed by atoms with Crippen molar-refractivity contribution in [2.45, 2.75) is 24.8 Å². The number of hydrogen-bond acceptors (Lipinski definition) is 4. The maximum absolute atomic E-state index is 13.1. The van der Waals surface area contributed by atoms with E-state index >= 15 is 0 Å². The zero-order valence-corrected chi connectivity index (χ0v) is 16.6. The average molecular weight is 405 g/mol. The van der Waals surface area contributed by atoms with Gasteiger partial charge in [-0.15, -0.1) is 0 Å². The summed E-state index contributed by atoms with van der Waals surface area (Å²) in [5.74, 6) is -0.457. The highest BCUT2D eigenvalue weighted by Gasteiger charge is 2.22. The van der Waals surface area contributed by atoms with Gasteiger partial charge in [0.2, 0.25) is 10.0 Å². The number of aryl methyl sites for hydroxylation is 1. The summed E-state index contributed by atoms with van der Waals surface area (Å²) in [6.07, 6.45) is 0.806. The number of halogens is 1. The van der Waals surface area contributed by atoms with Crippen LogP contribution in [0.15, 0.2) is 47.4 Å². The van der Waals surface area contributed by atoms with Crippen LogP contribution < -0.4 is 5.14 Å². The molecule has 0 spiro atoms. The van der Waals surface area contributed by atoms with Crippen molar-refractivity contribution in [2.75, 3.05) is 26.2 Å². The van der Waals surface area contributed by atoms with Crippen LogP contribution in [0.4, 0.5) is 4.39 Å². The lowest BCUT2D eigenvalue weighted by Gasteiger charge is -2.22. The predicted octanol–water partition coefficient (Wildman–Crippen LogP) is 2.13. The molecule has 1 saturated heterocycles. The monoisotopic (exact) mass is 405 g/mol. The number of hydrogen-bond donors (Lipinski definition) is 1. The molecule has 1 aliphatic heterocycles. The van der Waals surface area contributed by atoms with Gasteiger partial charge in [-0.1, -0.05) is 18.2 Å². The molecular formula is C20H24FN3O3S. The average Bonchev–Trinajstić information content (AvgIpc) is 2.88. The highest BCUT2D eigenvalue weighted by molar-refractivity contribution is 7.89. The van der Waals surface area contributed by atoms with Gasteiger partial charge >= 0.3 is 0 Å². The number of nitrogens with two attached hydrogens (primary N) is 1. The third kappa shape index (κ3) is 4.95. The van der Waals surface area contributed by atoms with Gasteiger partial charge in [0.25, 0.3) is 5.91 Å². The van der Waals surface area contributed by atoms with Crippen molar-refractivity contribution in [1.29, 1.82) is 0 Å². The fourth-order valence-corrected chi connectivity index (χ4v) is 4.21. The summed E-state index contributed by atoms with van der Waals surface area (Å²) in [7, 11) is -3.88. The molecule has 0 aliphatic carbocycles. The van der Waals surface area contributed by atoms with Crippen LogP contribution in [0.25, 0.3) is 0 Å². The van der Waals surface area contributed by atoms with Gasteiger partial charge in [0, 0.05) is 38.3 Å². The molecule has 1 heterocycles. The second-order valence-electron chi connectivity index (χ2n) is 7.07. The molecule has 2 N–H and O–H groups in total. The summed E-state index contributed by atoms with van der Waals surface area (Å²) >= 11 is 0. The summed E-state index contributed by atoms with van der Waals surface area (Å²) in [6.45, 7) is 5.00. The highest BCUT2D eigenvalue weighted by atomic mass is 32.2. The molecule has 1 fully saturated rings. The molecule has 3 rings (SSSR count). The number of carbonyl (C=O) groups is 1. The van der Waals surface area contributed by atoms with E-state index in [4.69, 9.17) is 5.14 Å². The molecule has 0 unspecified atom stereocenters. The number of carbonyl (C=O) groups excluding carboxylic acids is 1. The first-order chi connectivity index (χ1) is 13.2. The van der Waals surface area contributed by atoms with Crippen molar-refractivity contribution in [1.82, 2.24) is 9.80 Å². The third-order valence-electron chi connectivity index (χ3n) is 4.94. The van der Waals surface area contributed by atoms with E-state index in [9.17, 15) is 17.6 Å². The molecule has 1 aliphatic rings. The van der Waals surface area contributed by atoms with E-state index in [0.717, 1.165) is 18.5 Å². The minimum Gasteiger partial charge on any atom is -0.337 e. The van der Waals surface area contributed by atoms with E-state index < -0.39 is 10.0 Å². The number of rotatable bonds is 4. The van der Waals surface area contributed by atoms with E-state index in [1.54, 1.807) is 36.1 Å². The lowest BCUT2D eigenvalue weighted by Crippen LogP contribution is -2.35. The van der Waals surface area contributed by atoms with E-state index in [0.29, 0.717) is 37.3 Å². The topological polar surface area (TPSA) is 83.7 Å². The van der Waals surface area contributed by atoms with Gasteiger partial charge in [-0.25, -0.2) is 17.9 Å². The first kappa shape index (κ1) is 20.4. The summed E-state index contributed by atoms with van der Waals surface area (Å²) in [5, 5.41) is 5.25. The molecule has 0 aromatic heterocycles. The summed E-state index contributed by atoms with van der Waals surface area (Å²) < 4.78 is 36.5. The molecule has 28 heavy (non-hydrogen) atoms. The Morgan fingerprint density at radius 3 is 2.46 bits per heavy atom. The SMILES string of the molecule is Cc1ccc(C(=O)N2CCCN(Cc3ccc(F)cc3)CC2)cc1S(N)(=O)=O. The van der Waals surface area contributed by atoms with E-state index in [2.05, 4.69) is 4.90 Å². The minimum absolute atomic E-state index is 0.0221. The van der Waals surface area contributed by atoms with Crippen LogP contribution >= 0.6 is 0 Å². The van der Waals surface area contributed by atoms with Gasteiger partial charge < -0.3 is 4.90 Å². The molecule has 0 saturated carbocycles. The highest BCUT2D eigenvalue weighted by Crippen LogP contribution is 2.18. The summed E-state index contributed by atoms with van der Waals surface area (Å²) in [6, 6.07) is 11.0. The van der Waals surface area contributed by atoms with Crippen molar-refractivity contribution in [3.63, 3.8) is 0 Å². The van der Waals surface area contributed by atoms with Crippen molar-refractivity contribution in [3.8, 4) is 0 Å². The predicted molar refractivity (Wildman–Crippen MR) is 105 cm³/mol. The van der Waals surface area contributed by atoms with Crippen LogP contribution in [0.5, 0.6) is 0 Å². The molecule has 1 amide bonds. The van der Waals surface area contributed by atoms with Crippen LogP contribution in [0.3, 0.4) is 0 Å². The standard InChI is InChI=1S/C20H24FN3O3S/c1-15-3-6-17(13-19(15)28(22,26)27)20(25)24-10-2-9-23(11-12-24)14-16-4-7-18(21)8-5-16/h3-8,13H,2,9-12,14H2,1H3,(H2,22,26,27). The summed E-state index contributed by atoms with van der Waals surface area (Å²) in [4.78, 5) is 16.8. The molecule has 150 valence electrons. The largest absolute Gasteiger partial charge is 0.337 e. The van der Waals surface area contributed by atoms with E-state index in [1.807, 2.05) is 0 Å². The minimum atomic E-state index is -3.88. The fraction of sp³-hybridized carbons (Fsp3) is 0.350. The Labute approximate surface area is 164 Å². The Morgan fingerprint density at radius 1 is 1.07 bits per heavy atom. The molecule has 0 radical (unpaired) electrons. The molecule has 2 aromatic rings. The Balaban J connectivity index is 1.68. The van der Waals surface area contributed by atoms with Gasteiger partial charge in [-0.2, -0.15) is 0 Å². The van der Waals surface area contributed by atoms with Crippen LogP contribution in [-0.2, 0) is 16.6 Å². The molecule has 2 aromatic carbocycles. The molecule has 6 nitrogen and oxygen atoms in total. The fourth-order valence-electron chi connectivity index (χ4n) is 3.40. The van der Waals surface area contributed by atoms with E-state index in [1.165, 1.54) is 18.2 Å². The number of primary sulfonamides is 1. The normalized spacial score (nSPS) is 16.0. The Hall–Kier alpha value is -2.29. The van der Waals surface area contributed by atoms with Crippen molar-refractivity contribution in [2.24, 2.45) is 5.14 Å². The first-order valence-corrected chi connectivity index (χ1v) is 10.7. The Bertz CT molecular complexity index is 961. The lowest BCUT2D eigenvalue weighted by atomic mass is 10.1. The smallest absolute Gasteiger partial charge is 0.253 e. The summed E-state index contributed by atoms with van der Waals surface area (Å²) in [5.41, 5.74) is 1.86. The van der Waals surface area contributed by atoms with E-state index in [-0.39, 0.29) is 16.6 Å². The molecule has 8 heteroatoms. The van der Waals surface area contributed by atoms with Gasteiger partial charge in [0.15, 0.2) is 0 Å². The molecule has 0 atom stereocenters. The zero-order chi connectivity index (χ0) is 20.3. The molecule has 0 bridgehead atoms. The van der Waals surface area contributed by atoms with Gasteiger partial charge in [-0.3, -0.25) is 9.69 Å². The first-order valence-electron chi connectivity index (χ1n) is 9.13. The van der Waals surface area contributed by atoms with Crippen LogP contribution in [0.2, 0.25) is 0 Å². The Morgan fingerprint density at radius 2 is 1.79 bits per heavy atom. The number of benzene rings is 2. The van der Waals surface area contributed by atoms with Crippen molar-refractivity contribution >= 4 is 15.9 Å². The number of amides is 1. The number of nitrogens with zero attached hydrogens (tertiary/aromatic N) is 2. The van der Waals surface area contributed by atoms with Gasteiger partial charge in [0.1, 0.15) is 5.82 Å². The zero-order valence-electron chi connectivity index (χ0n) is 15.8. The maximum atomic E-state index is 13.1. The van der Waals surface area contributed by atoms with Crippen molar-refractivity contribution < 1.29 is 17.6 Å². The third-order valence-corrected chi connectivity index (χ3v) is 5.99. The van der Waals surface area contributed by atoms with Crippen LogP contribution in [0, 0.1) is 12.7 Å². The second-order valence-corrected chi connectivity index (χ2v) is 8.60. The Kier molecular flexibility index (Phi) is 6.12. The second kappa shape index (κ2) is 8.38. The van der Waals surface area contributed by atoms with Gasteiger partial charge in [0.05, 0.1) is 4.90 Å². The van der Waals surface area contributed by atoms with Crippen molar-refractivity contribution in [3.05, 3.63) is 65.0 Å². The van der Waals surface area contributed by atoms with Crippen LogP contribution in [0.1, 0.15) is 27.9 Å². The number of sulfonamides is 1. The quantitative estimate of drug-likeness (QED) is 0.845. The van der Waals surface area contributed by atoms with Crippen LogP contribution in [-0.4, -0.2) is 50.3 Å². The maximum Gasteiger partial charge on any atom is 0.253 e.